The second kappa shape index (κ2) is 11.6. The highest BCUT2D eigenvalue weighted by Gasteiger charge is 2.17. The van der Waals surface area contributed by atoms with Crippen LogP contribution in [0.5, 0.6) is 5.75 Å². The summed E-state index contributed by atoms with van der Waals surface area (Å²) in [5.74, 6) is 0.351. The summed E-state index contributed by atoms with van der Waals surface area (Å²) in [6.45, 7) is 0.972. The van der Waals surface area contributed by atoms with Gasteiger partial charge in [-0.25, -0.2) is 0 Å². The predicted octanol–water partition coefficient (Wildman–Crippen LogP) is 4.40. The summed E-state index contributed by atoms with van der Waals surface area (Å²) in [6, 6.07) is 14.2. The van der Waals surface area contributed by atoms with Crippen LogP contribution in [0, 0.1) is 10.1 Å². The van der Waals surface area contributed by atoms with Crippen LogP contribution in [0.4, 0.5) is 5.69 Å². The molecule has 154 valence electrons. The number of unbranched alkanes of at least 4 members (excludes halogenated alkanes) is 3. The van der Waals surface area contributed by atoms with Crippen LogP contribution >= 0.6 is 0 Å². The molecule has 0 saturated carbocycles. The summed E-state index contributed by atoms with van der Waals surface area (Å²) >= 11 is 0. The van der Waals surface area contributed by atoms with Crippen molar-refractivity contribution in [3.05, 3.63) is 69.8 Å². The number of carbonyl (C=O) groups is 2. The van der Waals surface area contributed by atoms with E-state index in [9.17, 15) is 19.7 Å². The molecule has 0 saturated heterocycles. The van der Waals surface area contributed by atoms with Gasteiger partial charge >= 0.3 is 0 Å². The molecule has 2 rings (SSSR count). The Morgan fingerprint density at radius 1 is 1.07 bits per heavy atom. The van der Waals surface area contributed by atoms with Gasteiger partial charge in [-0.3, -0.25) is 19.7 Å². The molecule has 7 nitrogen and oxygen atoms in total. The maximum absolute atomic E-state index is 12.2. The molecule has 0 bridgehead atoms. The molecular formula is C22H26N2O5. The lowest BCUT2D eigenvalue weighted by molar-refractivity contribution is -0.385. The van der Waals surface area contributed by atoms with Gasteiger partial charge in [0.2, 0.25) is 5.91 Å². The first-order valence-corrected chi connectivity index (χ1v) is 9.66. The molecule has 0 radical (unpaired) electrons. The van der Waals surface area contributed by atoms with Gasteiger partial charge in [-0.05, 0) is 24.5 Å². The summed E-state index contributed by atoms with van der Waals surface area (Å²) in [4.78, 5) is 35.4. The van der Waals surface area contributed by atoms with Crippen LogP contribution in [0.3, 0.4) is 0 Å². The monoisotopic (exact) mass is 398 g/mol. The number of hydrogen-bond donors (Lipinski definition) is 0. The van der Waals surface area contributed by atoms with Gasteiger partial charge in [0.25, 0.3) is 5.69 Å². The molecule has 1 amide bonds. The van der Waals surface area contributed by atoms with E-state index in [0.717, 1.165) is 31.2 Å². The van der Waals surface area contributed by atoms with E-state index in [0.29, 0.717) is 25.9 Å². The van der Waals surface area contributed by atoms with Crippen LogP contribution in [0.1, 0.15) is 48.0 Å². The molecular weight excluding hydrogens is 372 g/mol. The van der Waals surface area contributed by atoms with Gasteiger partial charge in [-0.2, -0.15) is 0 Å². The van der Waals surface area contributed by atoms with Crippen LogP contribution in [0.15, 0.2) is 48.5 Å². The maximum atomic E-state index is 12.2. The van der Waals surface area contributed by atoms with Gasteiger partial charge in [-0.1, -0.05) is 49.2 Å². The summed E-state index contributed by atoms with van der Waals surface area (Å²) in [7, 11) is 1.81. The Balaban J connectivity index is 1.64. The number of nitrogens with zero attached hydrogens (tertiary/aromatic N) is 2. The number of rotatable bonds is 12. The van der Waals surface area contributed by atoms with Crippen LogP contribution in [-0.4, -0.2) is 35.7 Å². The fourth-order valence-electron chi connectivity index (χ4n) is 2.99. The van der Waals surface area contributed by atoms with Crippen molar-refractivity contribution in [1.82, 2.24) is 4.90 Å². The second-order valence-corrected chi connectivity index (χ2v) is 6.81. The lowest BCUT2D eigenvalue weighted by Gasteiger charge is -2.17. The smallest absolute Gasteiger partial charge is 0.283 e. The third-order valence-electron chi connectivity index (χ3n) is 4.59. The lowest BCUT2D eigenvalue weighted by Crippen LogP contribution is -2.25. The largest absolute Gasteiger partial charge is 0.493 e. The minimum atomic E-state index is -0.595. The molecule has 2 aromatic carbocycles. The standard InChI is InChI=1S/C22H26N2O5/c1-23(16-18-10-5-4-6-11-18)22(26)14-7-2-3-8-15-29-21-13-9-12-20(24(27)28)19(21)17-25/h4-6,9-13,17H,2-3,7-8,14-16H2,1H3. The van der Waals surface area contributed by atoms with Gasteiger partial charge in [-0.15, -0.1) is 0 Å². The predicted molar refractivity (Wildman–Crippen MR) is 110 cm³/mol. The van der Waals surface area contributed by atoms with Crippen LogP contribution in [-0.2, 0) is 11.3 Å². The molecule has 0 spiro atoms. The van der Waals surface area contributed by atoms with Crippen molar-refractivity contribution in [2.45, 2.75) is 38.6 Å². The van der Waals surface area contributed by atoms with Crippen molar-refractivity contribution in [3.63, 3.8) is 0 Å². The fourth-order valence-corrected chi connectivity index (χ4v) is 2.99. The Labute approximate surface area is 170 Å². The van der Waals surface area contributed by atoms with Gasteiger partial charge in [0.05, 0.1) is 11.5 Å². The Morgan fingerprint density at radius 3 is 2.48 bits per heavy atom. The molecule has 0 fully saturated rings. The van der Waals surface area contributed by atoms with Crippen molar-refractivity contribution in [2.75, 3.05) is 13.7 Å². The van der Waals surface area contributed by atoms with E-state index in [4.69, 9.17) is 4.74 Å². The van der Waals surface area contributed by atoms with E-state index < -0.39 is 4.92 Å². The Morgan fingerprint density at radius 2 is 1.79 bits per heavy atom. The summed E-state index contributed by atoms with van der Waals surface area (Å²) in [5.41, 5.74) is 0.816. The molecule has 29 heavy (non-hydrogen) atoms. The topological polar surface area (TPSA) is 89.8 Å². The van der Waals surface area contributed by atoms with Crippen LogP contribution in [0.2, 0.25) is 0 Å². The number of benzene rings is 2. The van der Waals surface area contributed by atoms with Crippen molar-refractivity contribution in [3.8, 4) is 5.75 Å². The number of ether oxygens (including phenoxy) is 1. The van der Waals surface area contributed by atoms with Crippen molar-refractivity contribution in [1.29, 1.82) is 0 Å². The highest BCUT2D eigenvalue weighted by Crippen LogP contribution is 2.26. The minimum absolute atomic E-state index is 0.0375. The minimum Gasteiger partial charge on any atom is -0.493 e. The first-order valence-electron chi connectivity index (χ1n) is 9.66. The molecule has 0 heterocycles. The number of nitro benzene ring substituents is 1. The van der Waals surface area contributed by atoms with Gasteiger partial charge < -0.3 is 9.64 Å². The third-order valence-corrected chi connectivity index (χ3v) is 4.59. The van der Waals surface area contributed by atoms with Crippen molar-refractivity contribution < 1.29 is 19.2 Å². The number of amides is 1. The van der Waals surface area contributed by atoms with E-state index >= 15 is 0 Å². The van der Waals surface area contributed by atoms with E-state index in [2.05, 4.69) is 0 Å². The summed E-state index contributed by atoms with van der Waals surface area (Å²) in [5, 5.41) is 10.9. The highest BCUT2D eigenvalue weighted by molar-refractivity contribution is 5.85. The van der Waals surface area contributed by atoms with E-state index in [1.165, 1.54) is 12.1 Å². The Bertz CT molecular complexity index is 823. The lowest BCUT2D eigenvalue weighted by atomic mass is 10.1. The summed E-state index contributed by atoms with van der Waals surface area (Å²) < 4.78 is 5.54. The maximum Gasteiger partial charge on any atom is 0.283 e. The van der Waals surface area contributed by atoms with Crippen molar-refractivity contribution in [2.24, 2.45) is 0 Å². The Hall–Kier alpha value is -3.22. The van der Waals surface area contributed by atoms with Crippen molar-refractivity contribution >= 4 is 17.9 Å². The number of aldehydes is 1. The van der Waals surface area contributed by atoms with Gasteiger partial charge in [0.15, 0.2) is 6.29 Å². The normalized spacial score (nSPS) is 10.4. The number of nitro groups is 1. The van der Waals surface area contributed by atoms with Crippen LogP contribution in [0.25, 0.3) is 0 Å². The Kier molecular flexibility index (Phi) is 8.82. The molecule has 2 aromatic rings. The van der Waals surface area contributed by atoms with Gasteiger partial charge in [0, 0.05) is 26.1 Å². The van der Waals surface area contributed by atoms with E-state index in [1.54, 1.807) is 11.0 Å². The SMILES string of the molecule is CN(Cc1ccccc1)C(=O)CCCCCCOc1cccc([N+](=O)[O-])c1C=O. The molecule has 0 aliphatic carbocycles. The molecule has 0 unspecified atom stereocenters. The molecule has 0 atom stereocenters. The molecule has 7 heteroatoms. The number of hydrogen-bond acceptors (Lipinski definition) is 5. The first kappa shape index (κ1) is 22.1. The fraction of sp³-hybridized carbons (Fsp3) is 0.364. The molecule has 0 aliphatic heterocycles. The van der Waals surface area contributed by atoms with Crippen LogP contribution < -0.4 is 4.74 Å². The number of carbonyl (C=O) groups excluding carboxylic acids is 2. The van der Waals surface area contributed by atoms with E-state index in [-0.39, 0.29) is 22.9 Å². The average Bonchev–Trinajstić information content (AvgIpc) is 2.73. The molecule has 0 aromatic heterocycles. The summed E-state index contributed by atoms with van der Waals surface area (Å²) in [6.07, 6.45) is 4.27. The van der Waals surface area contributed by atoms with E-state index in [1.807, 2.05) is 37.4 Å². The first-order chi connectivity index (χ1) is 14.0. The third kappa shape index (κ3) is 7.03. The average molecular weight is 398 g/mol. The second-order valence-electron chi connectivity index (χ2n) is 6.81. The van der Waals surface area contributed by atoms with Gasteiger partial charge in [0.1, 0.15) is 11.3 Å². The molecule has 0 N–H and O–H groups in total. The zero-order chi connectivity index (χ0) is 21.1. The molecule has 0 aliphatic rings. The quantitative estimate of drug-likeness (QED) is 0.229. The highest BCUT2D eigenvalue weighted by atomic mass is 16.6. The zero-order valence-electron chi connectivity index (χ0n) is 16.6. The zero-order valence-corrected chi connectivity index (χ0v) is 16.6.